The molecule has 1 aromatic carbocycles. The Morgan fingerprint density at radius 3 is 2.70 bits per heavy atom. The minimum atomic E-state index is -1.35. The number of rotatable bonds is 4. The lowest BCUT2D eigenvalue weighted by Gasteiger charge is -2.08. The van der Waals surface area contributed by atoms with E-state index in [1.807, 2.05) is 67.8 Å². The largest absolute Gasteiger partial charge is 0.338 e. The molecule has 6 nitrogen and oxygen atoms in total. The van der Waals surface area contributed by atoms with Crippen LogP contribution in [-0.2, 0) is 11.0 Å². The summed E-state index contributed by atoms with van der Waals surface area (Å²) >= 11 is 7.57. The van der Waals surface area contributed by atoms with Gasteiger partial charge in [-0.15, -0.1) is 11.3 Å². The molecule has 152 valence electrons. The summed E-state index contributed by atoms with van der Waals surface area (Å²) in [4.78, 5) is 13.7. The van der Waals surface area contributed by atoms with E-state index in [1.54, 1.807) is 27.7 Å². The smallest absolute Gasteiger partial charge is 0.224 e. The van der Waals surface area contributed by atoms with E-state index in [0.717, 1.165) is 26.2 Å². The second-order valence-corrected chi connectivity index (χ2v) is 8.56. The Balaban J connectivity index is 0.00000106. The first kappa shape index (κ1) is 20.5. The zero-order valence-corrected chi connectivity index (χ0v) is 18.6. The zero-order valence-electron chi connectivity index (χ0n) is 16.2. The normalized spacial score (nSPS) is 11.8. The average Bonchev–Trinajstić information content (AvgIpc) is 3.42. The number of halogens is 1. The van der Waals surface area contributed by atoms with Gasteiger partial charge < -0.3 is 5.32 Å². The fourth-order valence-electron chi connectivity index (χ4n) is 2.91. The SMILES string of the molecule is CC.O=S(c1ccccc1)n1ccc2cc(Nc3nc(Cl)nc4ccsc34)cnc21. The molecule has 1 unspecified atom stereocenters. The summed E-state index contributed by atoms with van der Waals surface area (Å²) in [6, 6.07) is 15.0. The van der Waals surface area contributed by atoms with Gasteiger partial charge in [-0.2, -0.15) is 4.98 Å². The highest BCUT2D eigenvalue weighted by Gasteiger charge is 2.13. The monoisotopic (exact) mass is 455 g/mol. The standard InChI is InChI=1S/C19H12ClN5OS2.C2H6/c20-19-23-15-7-9-27-16(15)17(24-19)22-13-10-12-6-8-25(18(12)21-11-13)28(26)14-4-2-1-3-5-14;1-2/h1-11H,(H,22,23,24);1-2H3. The Kier molecular flexibility index (Phi) is 6.08. The molecule has 0 radical (unpaired) electrons. The number of fused-ring (bicyclic) bond motifs is 2. The summed E-state index contributed by atoms with van der Waals surface area (Å²) in [6.07, 6.45) is 3.47. The van der Waals surface area contributed by atoms with Crippen LogP contribution in [0.2, 0.25) is 5.28 Å². The molecule has 5 rings (SSSR count). The Morgan fingerprint density at radius 1 is 1.10 bits per heavy atom. The number of benzene rings is 1. The number of thiophene rings is 1. The van der Waals surface area contributed by atoms with Gasteiger partial charge >= 0.3 is 0 Å². The Morgan fingerprint density at radius 2 is 1.90 bits per heavy atom. The van der Waals surface area contributed by atoms with Gasteiger partial charge in [-0.25, -0.2) is 18.1 Å². The quantitative estimate of drug-likeness (QED) is 0.334. The third-order valence-corrected chi connectivity index (χ3v) is 6.56. The molecule has 0 amide bonds. The number of anilines is 2. The van der Waals surface area contributed by atoms with Crippen LogP contribution < -0.4 is 5.32 Å². The molecular weight excluding hydrogens is 438 g/mol. The number of hydrogen-bond donors (Lipinski definition) is 1. The first-order chi connectivity index (χ1) is 14.7. The molecule has 30 heavy (non-hydrogen) atoms. The minimum Gasteiger partial charge on any atom is -0.338 e. The highest BCUT2D eigenvalue weighted by molar-refractivity contribution is 7.83. The minimum absolute atomic E-state index is 0.187. The number of nitrogens with one attached hydrogen (secondary N) is 1. The molecule has 0 saturated carbocycles. The fraction of sp³-hybridized carbons (Fsp3) is 0.0952. The van der Waals surface area contributed by atoms with Crippen molar-refractivity contribution in [1.82, 2.24) is 18.9 Å². The van der Waals surface area contributed by atoms with Gasteiger partial charge in [0, 0.05) is 11.6 Å². The molecule has 0 aliphatic heterocycles. The van der Waals surface area contributed by atoms with E-state index in [-0.39, 0.29) is 5.28 Å². The van der Waals surface area contributed by atoms with Gasteiger partial charge in [0.2, 0.25) is 5.28 Å². The Labute approximate surface area is 185 Å². The maximum Gasteiger partial charge on any atom is 0.224 e. The summed E-state index contributed by atoms with van der Waals surface area (Å²) in [6.45, 7) is 4.00. The van der Waals surface area contributed by atoms with Crippen LogP contribution in [0.15, 0.2) is 71.2 Å². The van der Waals surface area contributed by atoms with Crippen LogP contribution in [0.3, 0.4) is 0 Å². The third kappa shape index (κ3) is 3.94. The predicted octanol–water partition coefficient (Wildman–Crippen LogP) is 6.04. The summed E-state index contributed by atoms with van der Waals surface area (Å²) in [5.41, 5.74) is 2.21. The highest BCUT2D eigenvalue weighted by Crippen LogP contribution is 2.30. The fourth-order valence-corrected chi connectivity index (χ4v) is 4.96. The van der Waals surface area contributed by atoms with Gasteiger partial charge in [-0.3, -0.25) is 0 Å². The van der Waals surface area contributed by atoms with E-state index >= 15 is 0 Å². The average molecular weight is 456 g/mol. The van der Waals surface area contributed by atoms with Crippen molar-refractivity contribution in [2.75, 3.05) is 5.32 Å². The summed E-state index contributed by atoms with van der Waals surface area (Å²) in [5.74, 6) is 0.637. The summed E-state index contributed by atoms with van der Waals surface area (Å²) in [7, 11) is -1.35. The maximum atomic E-state index is 12.8. The molecule has 0 fully saturated rings. The molecule has 0 spiro atoms. The van der Waals surface area contributed by atoms with E-state index in [2.05, 4.69) is 20.3 Å². The molecule has 1 N–H and O–H groups in total. The Hall–Kier alpha value is -2.81. The van der Waals surface area contributed by atoms with E-state index in [0.29, 0.717) is 11.5 Å². The second kappa shape index (κ2) is 8.91. The van der Waals surface area contributed by atoms with Crippen molar-refractivity contribution in [3.8, 4) is 0 Å². The topological polar surface area (TPSA) is 72.7 Å². The highest BCUT2D eigenvalue weighted by atomic mass is 35.5. The van der Waals surface area contributed by atoms with E-state index in [1.165, 1.54) is 0 Å². The number of pyridine rings is 1. The summed E-state index contributed by atoms with van der Waals surface area (Å²) < 4.78 is 15.4. The van der Waals surface area contributed by atoms with Crippen LogP contribution >= 0.6 is 22.9 Å². The molecule has 0 aliphatic carbocycles. The predicted molar refractivity (Wildman–Crippen MR) is 125 cm³/mol. The lowest BCUT2D eigenvalue weighted by Crippen LogP contribution is -2.04. The molecule has 4 aromatic heterocycles. The van der Waals surface area contributed by atoms with Crippen LogP contribution in [-0.4, -0.2) is 23.1 Å². The molecule has 4 heterocycles. The van der Waals surface area contributed by atoms with E-state index in [4.69, 9.17) is 11.6 Å². The van der Waals surface area contributed by atoms with Crippen LogP contribution in [0.5, 0.6) is 0 Å². The second-order valence-electron chi connectivity index (χ2n) is 5.94. The maximum absolute atomic E-state index is 12.8. The molecule has 1 atom stereocenters. The molecule has 0 saturated heterocycles. The lowest BCUT2D eigenvalue weighted by molar-refractivity contribution is 0.678. The first-order valence-electron chi connectivity index (χ1n) is 9.31. The van der Waals surface area contributed by atoms with Crippen molar-refractivity contribution in [3.05, 3.63) is 71.6 Å². The van der Waals surface area contributed by atoms with Crippen molar-refractivity contribution in [2.45, 2.75) is 18.7 Å². The van der Waals surface area contributed by atoms with Gasteiger partial charge in [0.15, 0.2) is 22.5 Å². The van der Waals surface area contributed by atoms with Crippen LogP contribution in [0.25, 0.3) is 21.3 Å². The molecule has 0 aliphatic rings. The number of nitrogens with zero attached hydrogens (tertiary/aromatic N) is 4. The van der Waals surface area contributed by atoms with Gasteiger partial charge in [0.25, 0.3) is 0 Å². The number of hydrogen-bond acceptors (Lipinski definition) is 6. The first-order valence-corrected chi connectivity index (χ1v) is 11.7. The van der Waals surface area contributed by atoms with Crippen molar-refractivity contribution in [1.29, 1.82) is 0 Å². The molecule has 9 heteroatoms. The van der Waals surface area contributed by atoms with Crippen molar-refractivity contribution in [3.63, 3.8) is 0 Å². The van der Waals surface area contributed by atoms with Crippen molar-refractivity contribution >= 4 is 66.7 Å². The summed E-state index contributed by atoms with van der Waals surface area (Å²) in [5, 5.41) is 6.27. The van der Waals surface area contributed by atoms with Gasteiger partial charge in [0.1, 0.15) is 0 Å². The van der Waals surface area contributed by atoms with Gasteiger partial charge in [0.05, 0.1) is 27.0 Å². The van der Waals surface area contributed by atoms with Crippen molar-refractivity contribution < 1.29 is 4.21 Å². The Bertz CT molecular complexity index is 1330. The molecule has 0 bridgehead atoms. The lowest BCUT2D eigenvalue weighted by atomic mass is 10.3. The molecule has 5 aromatic rings. The van der Waals surface area contributed by atoms with Crippen LogP contribution in [0, 0.1) is 0 Å². The van der Waals surface area contributed by atoms with E-state index < -0.39 is 11.0 Å². The molecular formula is C21H18ClN5OS2. The van der Waals surface area contributed by atoms with Gasteiger partial charge in [-0.05, 0) is 47.3 Å². The van der Waals surface area contributed by atoms with Gasteiger partial charge in [-0.1, -0.05) is 32.0 Å². The van der Waals surface area contributed by atoms with Crippen LogP contribution in [0.1, 0.15) is 13.8 Å². The van der Waals surface area contributed by atoms with Crippen molar-refractivity contribution in [2.24, 2.45) is 0 Å². The van der Waals surface area contributed by atoms with Crippen LogP contribution in [0.4, 0.5) is 11.5 Å². The zero-order chi connectivity index (χ0) is 21.1. The number of aromatic nitrogens is 4. The van der Waals surface area contributed by atoms with E-state index in [9.17, 15) is 4.21 Å². The third-order valence-electron chi connectivity index (χ3n) is 4.16.